The Kier molecular flexibility index (Phi) is 4.42. The molecule has 0 saturated carbocycles. The fourth-order valence-electron chi connectivity index (χ4n) is 2.19. The van der Waals surface area contributed by atoms with E-state index >= 15 is 0 Å². The van der Waals surface area contributed by atoms with Crippen molar-refractivity contribution in [1.82, 2.24) is 14.7 Å². The number of amides is 1. The zero-order valence-electron chi connectivity index (χ0n) is 12.7. The molecule has 0 aliphatic heterocycles. The first-order chi connectivity index (χ1) is 11.6. The second kappa shape index (κ2) is 6.82. The lowest BCUT2D eigenvalue weighted by Crippen LogP contribution is -2.23. The Morgan fingerprint density at radius 2 is 1.88 bits per heavy atom. The summed E-state index contributed by atoms with van der Waals surface area (Å²) in [6.45, 7) is 0.472. The van der Waals surface area contributed by atoms with Gasteiger partial charge in [-0.1, -0.05) is 36.4 Å². The number of hydrogen-bond acceptors (Lipinski definition) is 4. The predicted octanol–water partition coefficient (Wildman–Crippen LogP) is 2.46. The molecular weight excluding hydrogens is 310 g/mol. The van der Waals surface area contributed by atoms with E-state index in [1.165, 1.54) is 6.20 Å². The number of ether oxygens (including phenoxy) is 1. The SMILES string of the molecule is O=C(NCc1ccc2nc(C(=O)O)cn2c1)OCc1ccccc1. The van der Waals surface area contributed by atoms with Gasteiger partial charge in [-0.25, -0.2) is 14.6 Å². The number of nitrogens with zero attached hydrogens (tertiary/aromatic N) is 2. The van der Waals surface area contributed by atoms with Crippen molar-refractivity contribution in [3.63, 3.8) is 0 Å². The molecule has 2 heterocycles. The quantitative estimate of drug-likeness (QED) is 0.751. The lowest BCUT2D eigenvalue weighted by atomic mass is 10.2. The maximum atomic E-state index is 11.7. The van der Waals surface area contributed by atoms with Gasteiger partial charge in [0.15, 0.2) is 5.69 Å². The number of carboxylic acid groups (broad SMARTS) is 1. The molecule has 24 heavy (non-hydrogen) atoms. The normalized spacial score (nSPS) is 10.5. The molecular formula is C17H15N3O4. The first kappa shape index (κ1) is 15.5. The van der Waals surface area contributed by atoms with Gasteiger partial charge in [-0.2, -0.15) is 0 Å². The molecule has 7 nitrogen and oxygen atoms in total. The minimum atomic E-state index is -1.08. The number of aromatic carboxylic acids is 1. The average Bonchev–Trinajstić information content (AvgIpc) is 3.02. The summed E-state index contributed by atoms with van der Waals surface area (Å²) >= 11 is 0. The van der Waals surface area contributed by atoms with E-state index in [1.807, 2.05) is 30.3 Å². The Labute approximate surface area is 137 Å². The molecule has 7 heteroatoms. The Morgan fingerprint density at radius 1 is 1.08 bits per heavy atom. The van der Waals surface area contributed by atoms with Gasteiger partial charge in [-0.05, 0) is 17.2 Å². The average molecular weight is 325 g/mol. The number of carboxylic acids is 1. The maximum absolute atomic E-state index is 11.7. The molecule has 0 radical (unpaired) electrons. The van der Waals surface area contributed by atoms with Crippen LogP contribution in [0.5, 0.6) is 0 Å². The summed E-state index contributed by atoms with van der Waals surface area (Å²) in [5.41, 5.74) is 2.22. The monoisotopic (exact) mass is 325 g/mol. The van der Waals surface area contributed by atoms with Gasteiger partial charge in [0.05, 0.1) is 0 Å². The third kappa shape index (κ3) is 3.70. The summed E-state index contributed by atoms with van der Waals surface area (Å²) in [6, 6.07) is 12.9. The van der Waals surface area contributed by atoms with Crippen LogP contribution >= 0.6 is 0 Å². The van der Waals surface area contributed by atoms with Crippen LogP contribution in [0.1, 0.15) is 21.6 Å². The zero-order valence-corrected chi connectivity index (χ0v) is 12.7. The lowest BCUT2D eigenvalue weighted by Gasteiger charge is -2.07. The van der Waals surface area contributed by atoms with Gasteiger partial charge >= 0.3 is 12.1 Å². The third-order valence-corrected chi connectivity index (χ3v) is 3.38. The van der Waals surface area contributed by atoms with E-state index < -0.39 is 12.1 Å². The summed E-state index contributed by atoms with van der Waals surface area (Å²) in [5.74, 6) is -1.08. The smallest absolute Gasteiger partial charge is 0.407 e. The number of nitrogens with one attached hydrogen (secondary N) is 1. The largest absolute Gasteiger partial charge is 0.476 e. The van der Waals surface area contributed by atoms with Crippen LogP contribution in [-0.4, -0.2) is 26.6 Å². The fourth-order valence-corrected chi connectivity index (χ4v) is 2.19. The molecule has 0 unspecified atom stereocenters. The van der Waals surface area contributed by atoms with Crippen LogP contribution in [-0.2, 0) is 17.9 Å². The van der Waals surface area contributed by atoms with Crippen LogP contribution in [0.15, 0.2) is 54.9 Å². The number of aromatic nitrogens is 2. The highest BCUT2D eigenvalue weighted by molar-refractivity contribution is 5.86. The second-order valence-corrected chi connectivity index (χ2v) is 5.15. The number of benzene rings is 1. The number of carbonyl (C=O) groups excluding carboxylic acids is 1. The highest BCUT2D eigenvalue weighted by atomic mass is 16.5. The number of alkyl carbamates (subject to hydrolysis) is 1. The summed E-state index contributed by atoms with van der Waals surface area (Å²) in [5, 5.41) is 11.6. The van der Waals surface area contributed by atoms with Crippen molar-refractivity contribution in [3.05, 3.63) is 71.7 Å². The van der Waals surface area contributed by atoms with E-state index in [2.05, 4.69) is 10.3 Å². The predicted molar refractivity (Wildman–Crippen MR) is 85.6 cm³/mol. The Hall–Kier alpha value is -3.35. The molecule has 3 aromatic rings. The number of hydrogen-bond donors (Lipinski definition) is 2. The van der Waals surface area contributed by atoms with Gasteiger partial charge in [-0.3, -0.25) is 0 Å². The summed E-state index contributed by atoms with van der Waals surface area (Å²) in [4.78, 5) is 26.6. The molecule has 0 atom stereocenters. The lowest BCUT2D eigenvalue weighted by molar-refractivity contribution is 0.0691. The number of imidazole rings is 1. The van der Waals surface area contributed by atoms with Crippen molar-refractivity contribution >= 4 is 17.7 Å². The maximum Gasteiger partial charge on any atom is 0.407 e. The molecule has 0 aliphatic rings. The molecule has 2 aromatic heterocycles. The van der Waals surface area contributed by atoms with E-state index in [4.69, 9.17) is 9.84 Å². The summed E-state index contributed by atoms with van der Waals surface area (Å²) in [6.07, 6.45) is 2.62. The minimum absolute atomic E-state index is 0.0256. The number of fused-ring (bicyclic) bond motifs is 1. The minimum Gasteiger partial charge on any atom is -0.476 e. The van der Waals surface area contributed by atoms with Crippen LogP contribution in [0.3, 0.4) is 0 Å². The molecule has 1 amide bonds. The summed E-state index contributed by atoms with van der Waals surface area (Å²) in [7, 11) is 0. The van der Waals surface area contributed by atoms with Gasteiger partial charge in [0.25, 0.3) is 0 Å². The van der Waals surface area contributed by atoms with Crippen LogP contribution in [0.2, 0.25) is 0 Å². The molecule has 0 aliphatic carbocycles. The van der Waals surface area contributed by atoms with Crippen LogP contribution in [0.4, 0.5) is 4.79 Å². The van der Waals surface area contributed by atoms with Crippen molar-refractivity contribution in [1.29, 1.82) is 0 Å². The van der Waals surface area contributed by atoms with Gasteiger partial charge in [0.1, 0.15) is 12.3 Å². The van der Waals surface area contributed by atoms with Crippen molar-refractivity contribution in [2.24, 2.45) is 0 Å². The fraction of sp³-hybridized carbons (Fsp3) is 0.118. The van der Waals surface area contributed by atoms with Crippen LogP contribution in [0.25, 0.3) is 5.65 Å². The van der Waals surface area contributed by atoms with Gasteiger partial charge in [0.2, 0.25) is 0 Å². The van der Waals surface area contributed by atoms with Crippen LogP contribution in [0, 0.1) is 0 Å². The highest BCUT2D eigenvalue weighted by Gasteiger charge is 2.09. The Balaban J connectivity index is 1.56. The molecule has 2 N–H and O–H groups in total. The number of pyridine rings is 1. The van der Waals surface area contributed by atoms with Crippen molar-refractivity contribution in [2.75, 3.05) is 0 Å². The van der Waals surface area contributed by atoms with Gasteiger partial charge in [0, 0.05) is 18.9 Å². The first-order valence-corrected chi connectivity index (χ1v) is 7.27. The molecule has 122 valence electrons. The second-order valence-electron chi connectivity index (χ2n) is 5.15. The van der Waals surface area contributed by atoms with Crippen molar-refractivity contribution in [2.45, 2.75) is 13.2 Å². The van der Waals surface area contributed by atoms with Gasteiger partial charge < -0.3 is 19.6 Å². The highest BCUT2D eigenvalue weighted by Crippen LogP contribution is 2.08. The van der Waals surface area contributed by atoms with E-state index in [0.717, 1.165) is 11.1 Å². The molecule has 0 saturated heterocycles. The Bertz CT molecular complexity index is 874. The summed E-state index contributed by atoms with van der Waals surface area (Å²) < 4.78 is 6.73. The van der Waals surface area contributed by atoms with Crippen LogP contribution < -0.4 is 5.32 Å². The molecule has 3 rings (SSSR count). The topological polar surface area (TPSA) is 92.9 Å². The van der Waals surface area contributed by atoms with Crippen molar-refractivity contribution < 1.29 is 19.4 Å². The first-order valence-electron chi connectivity index (χ1n) is 7.27. The van der Waals surface area contributed by atoms with E-state index in [1.54, 1.807) is 22.7 Å². The van der Waals surface area contributed by atoms with E-state index in [-0.39, 0.29) is 18.8 Å². The zero-order chi connectivity index (χ0) is 16.9. The molecule has 0 spiro atoms. The number of rotatable bonds is 5. The van der Waals surface area contributed by atoms with Gasteiger partial charge in [-0.15, -0.1) is 0 Å². The van der Waals surface area contributed by atoms with Crippen molar-refractivity contribution in [3.8, 4) is 0 Å². The third-order valence-electron chi connectivity index (χ3n) is 3.38. The molecule has 0 bridgehead atoms. The van der Waals surface area contributed by atoms with E-state index in [9.17, 15) is 9.59 Å². The molecule has 1 aromatic carbocycles. The standard InChI is InChI=1S/C17H15N3O4/c21-16(22)14-10-20-9-13(6-7-15(20)19-14)8-18-17(23)24-11-12-4-2-1-3-5-12/h1-7,9-10H,8,11H2,(H,18,23)(H,21,22). The Morgan fingerprint density at radius 3 is 2.62 bits per heavy atom. The molecule has 0 fully saturated rings. The number of carbonyl (C=O) groups is 2. The van der Waals surface area contributed by atoms with E-state index in [0.29, 0.717) is 5.65 Å².